The van der Waals surface area contributed by atoms with Gasteiger partial charge in [0, 0.05) is 12.6 Å². The zero-order valence-corrected chi connectivity index (χ0v) is 13.6. The van der Waals surface area contributed by atoms with Crippen LogP contribution in [0.5, 0.6) is 0 Å². The summed E-state index contributed by atoms with van der Waals surface area (Å²) in [6, 6.07) is 4.22. The van der Waals surface area contributed by atoms with E-state index in [0.29, 0.717) is 22.6 Å². The molecule has 1 saturated heterocycles. The van der Waals surface area contributed by atoms with Crippen molar-refractivity contribution in [1.29, 1.82) is 0 Å². The van der Waals surface area contributed by atoms with Crippen LogP contribution in [0.1, 0.15) is 36.4 Å². The molecule has 1 aliphatic carbocycles. The summed E-state index contributed by atoms with van der Waals surface area (Å²) in [6.07, 6.45) is 3.75. The highest BCUT2D eigenvalue weighted by Crippen LogP contribution is 2.39. The van der Waals surface area contributed by atoms with Crippen molar-refractivity contribution in [3.63, 3.8) is 0 Å². The largest absolute Gasteiger partial charge is 0.389 e. The van der Waals surface area contributed by atoms with E-state index >= 15 is 0 Å². The summed E-state index contributed by atoms with van der Waals surface area (Å²) < 4.78 is 0. The number of fused-ring (bicyclic) bond motifs is 1. The van der Waals surface area contributed by atoms with Gasteiger partial charge < -0.3 is 10.4 Å². The van der Waals surface area contributed by atoms with E-state index in [0.717, 1.165) is 37.2 Å². The average Bonchev–Trinajstić information content (AvgIpc) is 2.85. The first kappa shape index (κ1) is 15.0. The predicted molar refractivity (Wildman–Crippen MR) is 87.0 cm³/mol. The Morgan fingerprint density at radius 1 is 1.30 bits per heavy atom. The van der Waals surface area contributed by atoms with Crippen molar-refractivity contribution in [3.8, 4) is 0 Å². The number of benzene rings is 1. The SMILES string of the molecule is OC1(CNC2CCc3c2ccc(Cl)c3Cl)CCSCC1. The molecule has 1 unspecified atom stereocenters. The number of hydrogen-bond acceptors (Lipinski definition) is 3. The van der Waals surface area contributed by atoms with Crippen molar-refractivity contribution in [2.45, 2.75) is 37.3 Å². The lowest BCUT2D eigenvalue weighted by Gasteiger charge is -2.33. The molecule has 2 aliphatic rings. The zero-order chi connectivity index (χ0) is 14.2. The second-order valence-corrected chi connectivity index (χ2v) is 7.75. The van der Waals surface area contributed by atoms with Gasteiger partial charge in [-0.3, -0.25) is 0 Å². The molecular weight excluding hydrogens is 313 g/mol. The maximum atomic E-state index is 10.6. The lowest BCUT2D eigenvalue weighted by molar-refractivity contribution is 0.0296. The molecule has 1 aromatic carbocycles. The van der Waals surface area contributed by atoms with Crippen LogP contribution >= 0.6 is 35.0 Å². The van der Waals surface area contributed by atoms with Gasteiger partial charge in [0.1, 0.15) is 0 Å². The molecule has 0 bridgehead atoms. The summed E-state index contributed by atoms with van der Waals surface area (Å²) >= 11 is 14.3. The summed E-state index contributed by atoms with van der Waals surface area (Å²) in [5.74, 6) is 2.11. The summed E-state index contributed by atoms with van der Waals surface area (Å²) in [5, 5.41) is 15.4. The Morgan fingerprint density at radius 3 is 2.80 bits per heavy atom. The Labute approximate surface area is 134 Å². The number of hydrogen-bond donors (Lipinski definition) is 2. The molecule has 0 saturated carbocycles. The third kappa shape index (κ3) is 2.97. The van der Waals surface area contributed by atoms with Crippen LogP contribution in [0.2, 0.25) is 10.0 Å². The van der Waals surface area contributed by atoms with Crippen molar-refractivity contribution >= 4 is 35.0 Å². The Kier molecular flexibility index (Phi) is 4.54. The molecule has 0 amide bonds. The van der Waals surface area contributed by atoms with E-state index in [1.807, 2.05) is 17.8 Å². The van der Waals surface area contributed by atoms with Crippen molar-refractivity contribution in [2.75, 3.05) is 18.1 Å². The lowest BCUT2D eigenvalue weighted by Crippen LogP contribution is -2.44. The maximum Gasteiger partial charge on any atom is 0.0787 e. The minimum atomic E-state index is -0.537. The number of rotatable bonds is 3. The van der Waals surface area contributed by atoms with E-state index in [4.69, 9.17) is 23.2 Å². The van der Waals surface area contributed by atoms with Gasteiger partial charge in [-0.1, -0.05) is 29.3 Å². The minimum Gasteiger partial charge on any atom is -0.389 e. The highest BCUT2D eigenvalue weighted by atomic mass is 35.5. The summed E-state index contributed by atoms with van der Waals surface area (Å²) in [6.45, 7) is 0.665. The van der Waals surface area contributed by atoms with Crippen LogP contribution < -0.4 is 5.32 Å². The second-order valence-electron chi connectivity index (χ2n) is 5.74. The zero-order valence-electron chi connectivity index (χ0n) is 11.3. The quantitative estimate of drug-likeness (QED) is 0.882. The third-order valence-electron chi connectivity index (χ3n) is 4.39. The van der Waals surface area contributed by atoms with Crippen LogP contribution in [0.3, 0.4) is 0 Å². The number of aliphatic hydroxyl groups is 1. The van der Waals surface area contributed by atoms with Crippen LogP contribution in [0.4, 0.5) is 0 Å². The van der Waals surface area contributed by atoms with E-state index < -0.39 is 5.60 Å². The summed E-state index contributed by atoms with van der Waals surface area (Å²) in [4.78, 5) is 0. The highest BCUT2D eigenvalue weighted by molar-refractivity contribution is 7.99. The van der Waals surface area contributed by atoms with Gasteiger partial charge in [0.05, 0.1) is 15.6 Å². The molecule has 1 aromatic rings. The van der Waals surface area contributed by atoms with Crippen molar-refractivity contribution < 1.29 is 5.11 Å². The second kappa shape index (κ2) is 6.05. The summed E-state index contributed by atoms with van der Waals surface area (Å²) in [7, 11) is 0. The standard InChI is InChI=1S/C15H19Cl2NOS/c16-12-3-1-10-11(14(12)17)2-4-13(10)18-9-15(19)5-7-20-8-6-15/h1,3,13,18-19H,2,4-9H2. The summed E-state index contributed by atoms with van der Waals surface area (Å²) in [5.41, 5.74) is 1.88. The molecule has 5 heteroatoms. The molecule has 3 rings (SSSR count). The third-order valence-corrected chi connectivity index (χ3v) is 6.22. The molecule has 2 nitrogen and oxygen atoms in total. The number of halogens is 2. The molecular formula is C15H19Cl2NOS. The molecule has 110 valence electrons. The number of nitrogens with one attached hydrogen (secondary N) is 1. The van der Waals surface area contributed by atoms with Gasteiger partial charge in [-0.15, -0.1) is 0 Å². The number of thioether (sulfide) groups is 1. The maximum absolute atomic E-state index is 10.6. The van der Waals surface area contributed by atoms with E-state index in [1.165, 1.54) is 11.1 Å². The molecule has 1 aliphatic heterocycles. The van der Waals surface area contributed by atoms with Gasteiger partial charge in [-0.05, 0) is 54.4 Å². The Hall–Kier alpha value is 0.0700. The fourth-order valence-corrected chi connectivity index (χ4v) is 4.78. The topological polar surface area (TPSA) is 32.3 Å². The van der Waals surface area contributed by atoms with Crippen LogP contribution in [-0.2, 0) is 6.42 Å². The Morgan fingerprint density at radius 2 is 2.05 bits per heavy atom. The van der Waals surface area contributed by atoms with Crippen LogP contribution in [0.15, 0.2) is 12.1 Å². The van der Waals surface area contributed by atoms with Gasteiger partial charge in [0.2, 0.25) is 0 Å². The van der Waals surface area contributed by atoms with Gasteiger partial charge in [0.25, 0.3) is 0 Å². The van der Waals surface area contributed by atoms with Gasteiger partial charge in [0.15, 0.2) is 0 Å². The molecule has 0 spiro atoms. The van der Waals surface area contributed by atoms with Crippen molar-refractivity contribution in [1.82, 2.24) is 5.32 Å². The average molecular weight is 332 g/mol. The molecule has 0 radical (unpaired) electrons. The van der Waals surface area contributed by atoms with E-state index in [2.05, 4.69) is 11.4 Å². The molecule has 2 N–H and O–H groups in total. The fourth-order valence-electron chi connectivity index (χ4n) is 3.09. The van der Waals surface area contributed by atoms with Crippen molar-refractivity contribution in [2.24, 2.45) is 0 Å². The van der Waals surface area contributed by atoms with E-state index in [-0.39, 0.29) is 0 Å². The van der Waals surface area contributed by atoms with Gasteiger partial charge in [-0.2, -0.15) is 11.8 Å². The van der Waals surface area contributed by atoms with Crippen LogP contribution in [0, 0.1) is 0 Å². The Balaban J connectivity index is 1.68. The molecule has 1 atom stereocenters. The molecule has 20 heavy (non-hydrogen) atoms. The van der Waals surface area contributed by atoms with Gasteiger partial charge >= 0.3 is 0 Å². The van der Waals surface area contributed by atoms with Crippen LogP contribution in [-0.4, -0.2) is 28.8 Å². The molecule has 0 aromatic heterocycles. The van der Waals surface area contributed by atoms with E-state index in [9.17, 15) is 5.11 Å². The Bertz CT molecular complexity index is 503. The van der Waals surface area contributed by atoms with Crippen molar-refractivity contribution in [3.05, 3.63) is 33.3 Å². The molecule has 1 heterocycles. The normalized spacial score (nSPS) is 24.6. The highest BCUT2D eigenvalue weighted by Gasteiger charge is 2.32. The van der Waals surface area contributed by atoms with Gasteiger partial charge in [-0.25, -0.2) is 0 Å². The monoisotopic (exact) mass is 331 g/mol. The van der Waals surface area contributed by atoms with E-state index in [1.54, 1.807) is 0 Å². The first-order chi connectivity index (χ1) is 9.59. The smallest absolute Gasteiger partial charge is 0.0787 e. The first-order valence-corrected chi connectivity index (χ1v) is 9.00. The van der Waals surface area contributed by atoms with Crippen LogP contribution in [0.25, 0.3) is 0 Å². The minimum absolute atomic E-state index is 0.290. The lowest BCUT2D eigenvalue weighted by atomic mass is 9.96. The first-order valence-electron chi connectivity index (χ1n) is 7.09. The predicted octanol–water partition coefficient (Wildman–Crippen LogP) is 3.83. The molecule has 1 fully saturated rings. The fraction of sp³-hybridized carbons (Fsp3) is 0.600.